The van der Waals surface area contributed by atoms with Crippen LogP contribution in [0.1, 0.15) is 50.3 Å². The first-order valence-corrected chi connectivity index (χ1v) is 21.9. The maximum atomic E-state index is 11.4. The van der Waals surface area contributed by atoms with Gasteiger partial charge in [-0.1, -0.05) is 190 Å². The molecular formula is C60H48N3OPt-. The summed E-state index contributed by atoms with van der Waals surface area (Å²) >= 11 is 0. The van der Waals surface area contributed by atoms with E-state index < -0.39 is 0 Å². The third-order valence-corrected chi connectivity index (χ3v) is 12.4. The topological polar surface area (TPSA) is 50.9 Å². The maximum Gasteiger partial charge on any atom is 0.148 e. The van der Waals surface area contributed by atoms with E-state index in [-0.39, 0.29) is 32.2 Å². The van der Waals surface area contributed by atoms with Crippen molar-refractivity contribution in [3.8, 4) is 78.6 Å². The van der Waals surface area contributed by atoms with Gasteiger partial charge in [0.1, 0.15) is 11.6 Å². The van der Waals surface area contributed by atoms with Crippen LogP contribution >= 0.6 is 0 Å². The Morgan fingerprint density at radius 1 is 0.523 bits per heavy atom. The van der Waals surface area contributed by atoms with Crippen LogP contribution in [0.2, 0.25) is 0 Å². The fourth-order valence-corrected chi connectivity index (χ4v) is 8.74. The van der Waals surface area contributed by atoms with Crippen molar-refractivity contribution < 1.29 is 26.2 Å². The van der Waals surface area contributed by atoms with Crippen molar-refractivity contribution in [2.24, 2.45) is 0 Å². The molecule has 1 N–H and O–H groups in total. The Morgan fingerprint density at radius 2 is 1.11 bits per heavy atom. The average Bonchev–Trinajstić information content (AvgIpc) is 3.73. The zero-order valence-corrected chi connectivity index (χ0v) is 39.1. The van der Waals surface area contributed by atoms with Crippen LogP contribution in [0.3, 0.4) is 0 Å². The molecule has 4 nitrogen and oxygen atoms in total. The van der Waals surface area contributed by atoms with Crippen LogP contribution < -0.4 is 0 Å². The molecule has 0 radical (unpaired) electrons. The number of fused-ring (bicyclic) bond motifs is 1. The zero-order valence-electron chi connectivity index (χ0n) is 36.8. The van der Waals surface area contributed by atoms with Crippen LogP contribution in [0.4, 0.5) is 0 Å². The number of aromatic hydroxyl groups is 1. The number of nitrogens with zero attached hydrogens (tertiary/aromatic N) is 3. The molecule has 0 aliphatic rings. The van der Waals surface area contributed by atoms with Gasteiger partial charge in [-0.15, -0.1) is 29.3 Å². The third kappa shape index (κ3) is 8.63. The molecule has 65 heavy (non-hydrogen) atoms. The molecule has 10 rings (SSSR count). The van der Waals surface area contributed by atoms with Crippen LogP contribution in [0, 0.1) is 6.07 Å². The van der Waals surface area contributed by atoms with Gasteiger partial charge >= 0.3 is 0 Å². The van der Waals surface area contributed by atoms with Gasteiger partial charge in [-0.05, 0) is 80.8 Å². The van der Waals surface area contributed by atoms with Crippen LogP contribution in [0.15, 0.2) is 206 Å². The molecule has 0 saturated carbocycles. The number of hydrogen-bond acceptors (Lipinski definition) is 3. The third-order valence-electron chi connectivity index (χ3n) is 12.4. The number of rotatable bonds is 9. The van der Waals surface area contributed by atoms with E-state index in [4.69, 9.17) is 9.97 Å². The molecule has 2 heterocycles. The molecule has 1 atom stereocenters. The summed E-state index contributed by atoms with van der Waals surface area (Å²) in [4.78, 5) is 10.4. The molecule has 5 heteroatoms. The zero-order chi connectivity index (χ0) is 43.8. The Balaban J connectivity index is 0.00000533. The van der Waals surface area contributed by atoms with Crippen molar-refractivity contribution in [3.05, 3.63) is 229 Å². The molecule has 320 valence electrons. The number of phenolic OH excluding ortho intramolecular Hbond substituents is 1. The monoisotopic (exact) mass is 1020 g/mol. The molecule has 1 unspecified atom stereocenters. The quantitative estimate of drug-likeness (QED) is 0.147. The number of benzene rings is 8. The van der Waals surface area contributed by atoms with Gasteiger partial charge in [0, 0.05) is 44.4 Å². The van der Waals surface area contributed by atoms with Crippen molar-refractivity contribution >= 4 is 11.0 Å². The van der Waals surface area contributed by atoms with Crippen molar-refractivity contribution in [1.82, 2.24) is 14.5 Å². The molecule has 2 aromatic heterocycles. The van der Waals surface area contributed by atoms with Crippen LogP contribution in [-0.2, 0) is 26.5 Å². The molecule has 0 aliphatic heterocycles. The molecule has 0 spiro atoms. The Labute approximate surface area is 396 Å². The summed E-state index contributed by atoms with van der Waals surface area (Å²) in [6, 6.07) is 73.5. The number of para-hydroxylation sites is 2. The molecule has 0 amide bonds. The number of phenols is 1. The first-order valence-electron chi connectivity index (χ1n) is 21.9. The van der Waals surface area contributed by atoms with Gasteiger partial charge in [-0.3, -0.25) is 9.55 Å². The molecule has 8 aromatic carbocycles. The second-order valence-electron chi connectivity index (χ2n) is 17.6. The number of hydrogen-bond donors (Lipinski definition) is 1. The maximum absolute atomic E-state index is 11.4. The molecule has 0 aliphatic carbocycles. The number of aromatic nitrogens is 3. The molecule has 0 saturated heterocycles. The predicted octanol–water partition coefficient (Wildman–Crippen LogP) is 15.4. The van der Waals surface area contributed by atoms with Gasteiger partial charge in [0.25, 0.3) is 0 Å². The van der Waals surface area contributed by atoms with Crippen LogP contribution in [-0.4, -0.2) is 19.6 Å². The van der Waals surface area contributed by atoms with E-state index in [1.807, 2.05) is 36.5 Å². The minimum atomic E-state index is -0.166. The van der Waals surface area contributed by atoms with Crippen molar-refractivity contribution in [2.75, 3.05) is 0 Å². The Bertz CT molecular complexity index is 3260. The van der Waals surface area contributed by atoms with E-state index in [1.165, 1.54) is 16.7 Å². The smallest absolute Gasteiger partial charge is 0.148 e. The summed E-state index contributed by atoms with van der Waals surface area (Å²) in [5.74, 6) is 1.11. The van der Waals surface area contributed by atoms with Gasteiger partial charge in [-0.25, -0.2) is 4.98 Å². The van der Waals surface area contributed by atoms with E-state index in [9.17, 15) is 5.11 Å². The van der Waals surface area contributed by atoms with Gasteiger partial charge in [-0.2, -0.15) is 0 Å². The van der Waals surface area contributed by atoms with Crippen LogP contribution in [0.5, 0.6) is 5.75 Å². The average molecular weight is 1020 g/mol. The first-order chi connectivity index (χ1) is 31.2. The molecule has 10 aromatic rings. The van der Waals surface area contributed by atoms with Crippen molar-refractivity contribution in [3.63, 3.8) is 0 Å². The largest absolute Gasteiger partial charge is 0.507 e. The number of imidazole rings is 1. The van der Waals surface area contributed by atoms with E-state index in [2.05, 4.69) is 202 Å². The van der Waals surface area contributed by atoms with E-state index >= 15 is 0 Å². The van der Waals surface area contributed by atoms with E-state index in [1.54, 1.807) is 6.07 Å². The Morgan fingerprint density at radius 3 is 1.82 bits per heavy atom. The summed E-state index contributed by atoms with van der Waals surface area (Å²) in [6.45, 7) is 8.99. The summed E-state index contributed by atoms with van der Waals surface area (Å²) in [6.07, 6.45) is 1.90. The fourth-order valence-electron chi connectivity index (χ4n) is 8.74. The standard InChI is InChI=1S/C60H48N3O.Pt/c1-40(41-17-8-5-9-18-41)42-27-29-44(30-28-42)47-33-34-61-54(39-47)49-35-48(36-50(37-49)60(2,3)4)51-24-16-25-56-58(51)62-59(52-23-14-15-26-57(52)64)63(56)55-32-31-46(43-19-10-6-11-20-43)38-53(55)45-21-12-7-13-22-45;/h5-34,36-40,64H,1-4H3;/q-1;. The first kappa shape index (κ1) is 43.1. The summed E-state index contributed by atoms with van der Waals surface area (Å²) < 4.78 is 2.20. The SMILES string of the molecule is CC(c1ccccc1)c1ccc(-c2ccnc(-c3[c-]c(-c4cccc5c4nc(-c4ccccc4O)n5-c4ccc(-c5ccccc5)cc4-c4ccccc4)cc(C(C)(C)C)c3)c2)cc1.[Pt]. The van der Waals surface area contributed by atoms with Gasteiger partial charge in [0.05, 0.1) is 22.3 Å². The Hall–Kier alpha value is -7.13. The predicted molar refractivity (Wildman–Crippen MR) is 265 cm³/mol. The minimum Gasteiger partial charge on any atom is -0.507 e. The molecule has 0 bridgehead atoms. The summed E-state index contributed by atoms with van der Waals surface area (Å²) in [5, 5.41) is 11.4. The second-order valence-corrected chi connectivity index (χ2v) is 17.6. The normalized spacial score (nSPS) is 11.9. The minimum absolute atomic E-state index is 0. The van der Waals surface area contributed by atoms with Crippen LogP contribution in [0.25, 0.3) is 83.9 Å². The van der Waals surface area contributed by atoms with Crippen molar-refractivity contribution in [2.45, 2.75) is 39.0 Å². The van der Waals surface area contributed by atoms with Gasteiger partial charge in [0.15, 0.2) is 0 Å². The van der Waals surface area contributed by atoms with E-state index in [0.29, 0.717) is 17.3 Å². The van der Waals surface area contributed by atoms with Gasteiger partial charge in [0.2, 0.25) is 0 Å². The number of pyridine rings is 1. The Kier molecular flexibility index (Phi) is 12.1. The van der Waals surface area contributed by atoms with Crippen molar-refractivity contribution in [1.29, 1.82) is 0 Å². The second kappa shape index (κ2) is 18.2. The molecule has 0 fully saturated rings. The van der Waals surface area contributed by atoms with E-state index in [0.717, 1.165) is 72.5 Å². The fraction of sp³-hybridized carbons (Fsp3) is 0.100. The van der Waals surface area contributed by atoms with Gasteiger partial charge < -0.3 is 5.11 Å². The molecular weight excluding hydrogens is 974 g/mol. The summed E-state index contributed by atoms with van der Waals surface area (Å²) in [7, 11) is 0. The summed E-state index contributed by atoms with van der Waals surface area (Å²) in [5.41, 5.74) is 17.2.